The second-order valence-electron chi connectivity index (χ2n) is 11.2. The number of rotatable bonds is 15. The van der Waals surface area contributed by atoms with E-state index in [2.05, 4.69) is 16.0 Å². The number of nitrogens with one attached hydrogen (secondary N) is 3. The largest absolute Gasteiger partial charge is 0.508 e. The van der Waals surface area contributed by atoms with Crippen molar-refractivity contribution in [2.24, 2.45) is 5.73 Å². The van der Waals surface area contributed by atoms with Crippen LogP contribution in [-0.2, 0) is 51.3 Å². The lowest BCUT2D eigenvalue weighted by Gasteiger charge is -2.26. The van der Waals surface area contributed by atoms with Gasteiger partial charge in [-0.25, -0.2) is 4.79 Å². The normalized spacial score (nSPS) is 13.6. The molecule has 0 fully saturated rings. The van der Waals surface area contributed by atoms with Crippen molar-refractivity contribution < 1.29 is 34.5 Å². The van der Waals surface area contributed by atoms with Crippen molar-refractivity contribution in [3.05, 3.63) is 93.5 Å². The number of amides is 3. The fourth-order valence-corrected chi connectivity index (χ4v) is 5.17. The van der Waals surface area contributed by atoms with Gasteiger partial charge in [0, 0.05) is 24.3 Å². The minimum absolute atomic E-state index is 0.0261. The highest BCUT2D eigenvalue weighted by molar-refractivity contribution is 6.30. The summed E-state index contributed by atoms with van der Waals surface area (Å²) in [6.07, 6.45) is 1.05. The molecular weight excluding hydrogens is 612 g/mol. The van der Waals surface area contributed by atoms with E-state index in [1.54, 1.807) is 48.5 Å². The molecule has 11 nitrogen and oxygen atoms in total. The van der Waals surface area contributed by atoms with Crippen molar-refractivity contribution >= 4 is 35.3 Å². The number of hydrogen-bond donors (Lipinski definition) is 7. The summed E-state index contributed by atoms with van der Waals surface area (Å²) in [5.74, 6) is -3.19. The highest BCUT2D eigenvalue weighted by atomic mass is 35.5. The van der Waals surface area contributed by atoms with Gasteiger partial charge in [-0.3, -0.25) is 14.4 Å². The van der Waals surface area contributed by atoms with Gasteiger partial charge in [-0.05, 0) is 84.0 Å². The summed E-state index contributed by atoms with van der Waals surface area (Å²) in [5, 5.41) is 38.3. The number of phenolic OH excluding ortho intramolecular Hbond substituents is 2. The van der Waals surface area contributed by atoms with Crippen LogP contribution in [0.1, 0.15) is 48.6 Å². The molecule has 0 aliphatic rings. The maximum absolute atomic E-state index is 13.9. The summed E-state index contributed by atoms with van der Waals surface area (Å²) in [6.45, 7) is 5.24. The summed E-state index contributed by atoms with van der Waals surface area (Å²) in [5.41, 5.74) is 9.28. The van der Waals surface area contributed by atoms with E-state index >= 15 is 0 Å². The second-order valence-corrected chi connectivity index (χ2v) is 11.6. The van der Waals surface area contributed by atoms with Crippen LogP contribution in [0.5, 0.6) is 11.5 Å². The lowest BCUT2D eigenvalue weighted by molar-refractivity contribution is -0.142. The summed E-state index contributed by atoms with van der Waals surface area (Å²) in [4.78, 5) is 52.5. The smallest absolute Gasteiger partial charge is 0.326 e. The van der Waals surface area contributed by atoms with E-state index in [9.17, 15) is 34.5 Å². The van der Waals surface area contributed by atoms with E-state index < -0.39 is 47.9 Å². The fraction of sp³-hybridized carbons (Fsp3) is 0.353. The van der Waals surface area contributed by atoms with Gasteiger partial charge in [0.1, 0.15) is 29.6 Å². The van der Waals surface area contributed by atoms with E-state index in [0.29, 0.717) is 34.6 Å². The molecule has 4 atom stereocenters. The first-order chi connectivity index (χ1) is 21.8. The average molecular weight is 653 g/mol. The maximum Gasteiger partial charge on any atom is 0.326 e. The predicted octanol–water partition coefficient (Wildman–Crippen LogP) is 2.79. The molecule has 3 aromatic carbocycles. The molecule has 0 aromatic heterocycles. The number of aryl methyl sites for hydroxylation is 2. The number of nitrogens with two attached hydrogens (primary N) is 1. The monoisotopic (exact) mass is 652 g/mol. The molecule has 0 unspecified atom stereocenters. The molecule has 0 bridgehead atoms. The van der Waals surface area contributed by atoms with E-state index in [-0.39, 0.29) is 30.8 Å². The van der Waals surface area contributed by atoms with Crippen molar-refractivity contribution in [1.29, 1.82) is 0 Å². The Morgan fingerprint density at radius 2 is 1.11 bits per heavy atom. The summed E-state index contributed by atoms with van der Waals surface area (Å²) in [7, 11) is 0. The second kappa shape index (κ2) is 16.6. The molecule has 246 valence electrons. The van der Waals surface area contributed by atoms with Crippen LogP contribution in [0.15, 0.2) is 60.7 Å². The molecule has 3 aromatic rings. The van der Waals surface area contributed by atoms with E-state index in [4.69, 9.17) is 17.3 Å². The molecular formula is C34H41ClN4O7. The van der Waals surface area contributed by atoms with E-state index in [1.807, 2.05) is 13.8 Å². The van der Waals surface area contributed by atoms with Crippen LogP contribution in [-0.4, -0.2) is 63.2 Å². The van der Waals surface area contributed by atoms with Gasteiger partial charge in [0.15, 0.2) is 0 Å². The van der Waals surface area contributed by atoms with Crippen molar-refractivity contribution in [3.63, 3.8) is 0 Å². The molecule has 0 aliphatic carbocycles. The number of benzene rings is 3. The quantitative estimate of drug-likeness (QED) is 0.130. The Morgan fingerprint density at radius 3 is 1.52 bits per heavy atom. The molecule has 0 aliphatic heterocycles. The Labute approximate surface area is 273 Å². The Bertz CT molecular complexity index is 1540. The van der Waals surface area contributed by atoms with Crippen molar-refractivity contribution in [3.8, 4) is 11.5 Å². The maximum atomic E-state index is 13.9. The number of carbonyl (C=O) groups is 4. The number of carboxylic acids is 1. The van der Waals surface area contributed by atoms with Crippen LogP contribution in [0, 0.1) is 0 Å². The third kappa shape index (κ3) is 10.2. The van der Waals surface area contributed by atoms with Crippen molar-refractivity contribution in [2.45, 2.75) is 77.0 Å². The SMILES string of the molecule is CCc1cc(O)ccc1C[C@@H](NC(=O)[C@H](C)N)C(=O)N[C@H](Cc1ccc(O)cc1CC)C(=O)N[C@H](Cc1ccc(Cl)cc1)C(=O)O. The number of hydrogen-bond acceptors (Lipinski definition) is 7. The summed E-state index contributed by atoms with van der Waals surface area (Å²) < 4.78 is 0. The summed E-state index contributed by atoms with van der Waals surface area (Å²) >= 11 is 5.96. The first kappa shape index (κ1) is 35.9. The van der Waals surface area contributed by atoms with Gasteiger partial charge in [0.25, 0.3) is 0 Å². The Balaban J connectivity index is 1.95. The topological polar surface area (TPSA) is 191 Å². The zero-order valence-corrected chi connectivity index (χ0v) is 26.8. The van der Waals surface area contributed by atoms with Gasteiger partial charge in [-0.1, -0.05) is 49.7 Å². The van der Waals surface area contributed by atoms with Crippen molar-refractivity contribution in [2.75, 3.05) is 0 Å². The summed E-state index contributed by atoms with van der Waals surface area (Å²) in [6, 6.07) is 11.3. The zero-order chi connectivity index (χ0) is 34.0. The lowest BCUT2D eigenvalue weighted by Crippen LogP contribution is -2.58. The lowest BCUT2D eigenvalue weighted by atomic mass is 9.95. The number of aromatic hydroxyl groups is 2. The molecule has 3 rings (SSSR count). The highest BCUT2D eigenvalue weighted by Crippen LogP contribution is 2.21. The standard InChI is InChI=1S/C34H41ClN4O7/c1-4-21-15-26(40)12-8-23(21)17-28(37-31(42)19(3)36)32(43)38-29(18-24-9-13-27(41)16-22(24)5-2)33(44)39-30(34(45)46)14-20-6-10-25(35)11-7-20/h6-13,15-16,19,28-30,40-41H,4-5,14,17-18,36H2,1-3H3,(H,37,42)(H,38,43)(H,39,44)(H,45,46)/t19-,28+,29+,30+/m0/s1. The number of halogens is 1. The molecule has 12 heteroatoms. The molecule has 0 spiro atoms. The highest BCUT2D eigenvalue weighted by Gasteiger charge is 2.31. The molecule has 0 saturated heterocycles. The van der Waals surface area contributed by atoms with Crippen LogP contribution >= 0.6 is 11.6 Å². The van der Waals surface area contributed by atoms with Crippen LogP contribution < -0.4 is 21.7 Å². The molecule has 3 amide bonds. The van der Waals surface area contributed by atoms with Gasteiger partial charge in [-0.15, -0.1) is 0 Å². The Morgan fingerprint density at radius 1 is 0.674 bits per heavy atom. The van der Waals surface area contributed by atoms with Gasteiger partial charge in [-0.2, -0.15) is 0 Å². The third-order valence-corrected chi connectivity index (χ3v) is 7.89. The minimum atomic E-state index is -1.32. The Hall–Kier alpha value is -4.61. The van der Waals surface area contributed by atoms with Crippen molar-refractivity contribution in [1.82, 2.24) is 16.0 Å². The average Bonchev–Trinajstić information content (AvgIpc) is 3.02. The van der Waals surface area contributed by atoms with Gasteiger partial charge in [0.05, 0.1) is 6.04 Å². The van der Waals surface area contributed by atoms with Gasteiger partial charge >= 0.3 is 5.97 Å². The minimum Gasteiger partial charge on any atom is -0.508 e. The van der Waals surface area contributed by atoms with E-state index in [1.165, 1.54) is 19.1 Å². The molecule has 46 heavy (non-hydrogen) atoms. The number of carboxylic acid groups (broad SMARTS) is 1. The van der Waals surface area contributed by atoms with Crippen LogP contribution in [0.25, 0.3) is 0 Å². The van der Waals surface area contributed by atoms with Gasteiger partial charge in [0.2, 0.25) is 17.7 Å². The number of phenols is 2. The van der Waals surface area contributed by atoms with Gasteiger partial charge < -0.3 is 37.0 Å². The molecule has 0 saturated carbocycles. The molecule has 0 heterocycles. The Kier molecular flexibility index (Phi) is 13.0. The van der Waals surface area contributed by atoms with Crippen LogP contribution in [0.4, 0.5) is 0 Å². The molecule has 8 N–H and O–H groups in total. The zero-order valence-electron chi connectivity index (χ0n) is 26.0. The molecule has 0 radical (unpaired) electrons. The first-order valence-corrected chi connectivity index (χ1v) is 15.4. The predicted molar refractivity (Wildman–Crippen MR) is 175 cm³/mol. The number of carbonyl (C=O) groups excluding carboxylic acids is 3. The number of aliphatic carboxylic acids is 1. The van der Waals surface area contributed by atoms with Crippen LogP contribution in [0.2, 0.25) is 5.02 Å². The van der Waals surface area contributed by atoms with E-state index in [0.717, 1.165) is 11.1 Å². The first-order valence-electron chi connectivity index (χ1n) is 15.1. The fourth-order valence-electron chi connectivity index (χ4n) is 5.04. The third-order valence-electron chi connectivity index (χ3n) is 7.64. The van der Waals surface area contributed by atoms with Crippen LogP contribution in [0.3, 0.4) is 0 Å².